The number of anilines is 1. The summed E-state index contributed by atoms with van der Waals surface area (Å²) in [6.45, 7) is 2.85. The number of hydrogen-bond donors (Lipinski definition) is 0. The molecule has 0 N–H and O–H groups in total. The number of para-hydroxylation sites is 1. The van der Waals surface area contributed by atoms with E-state index in [1.165, 1.54) is 0 Å². The second-order valence-corrected chi connectivity index (χ2v) is 6.20. The van der Waals surface area contributed by atoms with Crippen molar-refractivity contribution in [1.82, 2.24) is 4.98 Å². The lowest BCUT2D eigenvalue weighted by molar-refractivity contribution is 0.122. The lowest BCUT2D eigenvalue weighted by Gasteiger charge is -2.28. The van der Waals surface area contributed by atoms with Crippen molar-refractivity contribution in [2.75, 3.05) is 31.2 Å². The summed E-state index contributed by atoms with van der Waals surface area (Å²) < 4.78 is 11.5. The first-order valence-corrected chi connectivity index (χ1v) is 8.91. The molecule has 134 valence electrons. The number of hydrogen-bond acceptors (Lipinski definition) is 5. The highest BCUT2D eigenvalue weighted by atomic mass is 16.5. The maximum absolute atomic E-state index is 9.84. The molecule has 5 nitrogen and oxygen atoms in total. The standard InChI is InChI=1S/C22H19N3O2/c23-16-20-19(17-7-3-1-4-8-17)15-21(25-11-13-26-14-12-25)24-22(20)27-18-9-5-2-6-10-18/h1-10,15H,11-14H2. The third-order valence-electron chi connectivity index (χ3n) is 4.46. The van der Waals surface area contributed by atoms with Crippen molar-refractivity contribution < 1.29 is 9.47 Å². The molecule has 0 atom stereocenters. The molecule has 2 heterocycles. The summed E-state index contributed by atoms with van der Waals surface area (Å²) in [5, 5.41) is 9.84. The van der Waals surface area contributed by atoms with Gasteiger partial charge in [-0.25, -0.2) is 0 Å². The van der Waals surface area contributed by atoms with Crippen molar-refractivity contribution >= 4 is 5.82 Å². The van der Waals surface area contributed by atoms with E-state index in [2.05, 4.69) is 16.0 Å². The molecule has 3 aromatic rings. The van der Waals surface area contributed by atoms with Gasteiger partial charge < -0.3 is 14.4 Å². The van der Waals surface area contributed by atoms with Gasteiger partial charge in [-0.2, -0.15) is 10.2 Å². The molecule has 2 aromatic carbocycles. The van der Waals surface area contributed by atoms with Crippen LogP contribution in [0.4, 0.5) is 5.82 Å². The quantitative estimate of drug-likeness (QED) is 0.699. The first-order chi connectivity index (χ1) is 13.3. The number of morpholine rings is 1. The SMILES string of the molecule is N#Cc1c(-c2ccccc2)cc(N2CCOCC2)nc1Oc1ccccc1. The van der Waals surface area contributed by atoms with Crippen LogP contribution in [-0.2, 0) is 4.74 Å². The normalized spacial score (nSPS) is 13.8. The zero-order valence-electron chi connectivity index (χ0n) is 14.8. The minimum absolute atomic E-state index is 0.326. The number of nitrogens with zero attached hydrogens (tertiary/aromatic N) is 3. The van der Waals surface area contributed by atoms with Crippen LogP contribution in [0.3, 0.4) is 0 Å². The Hall–Kier alpha value is -3.36. The molecule has 0 aliphatic carbocycles. The maximum atomic E-state index is 9.84. The van der Waals surface area contributed by atoms with E-state index in [-0.39, 0.29) is 0 Å². The van der Waals surface area contributed by atoms with E-state index in [1.807, 2.05) is 66.7 Å². The Morgan fingerprint density at radius 3 is 2.30 bits per heavy atom. The molecular formula is C22H19N3O2. The summed E-state index contributed by atoms with van der Waals surface area (Å²) in [4.78, 5) is 6.84. The molecule has 1 aromatic heterocycles. The number of pyridine rings is 1. The van der Waals surface area contributed by atoms with E-state index in [4.69, 9.17) is 9.47 Å². The zero-order chi connectivity index (χ0) is 18.5. The van der Waals surface area contributed by atoms with Crippen LogP contribution in [0.5, 0.6) is 11.6 Å². The van der Waals surface area contributed by atoms with Gasteiger partial charge in [0.15, 0.2) is 0 Å². The van der Waals surface area contributed by atoms with Gasteiger partial charge in [0.2, 0.25) is 5.88 Å². The lowest BCUT2D eigenvalue weighted by atomic mass is 10.0. The number of nitriles is 1. The zero-order valence-corrected chi connectivity index (χ0v) is 14.8. The fraction of sp³-hybridized carbons (Fsp3) is 0.182. The average Bonchev–Trinajstić information content (AvgIpc) is 2.75. The third kappa shape index (κ3) is 3.76. The Labute approximate surface area is 158 Å². The van der Waals surface area contributed by atoms with Gasteiger partial charge in [-0.1, -0.05) is 48.5 Å². The first-order valence-electron chi connectivity index (χ1n) is 8.91. The number of ether oxygens (including phenoxy) is 2. The predicted octanol–water partition coefficient (Wildman–Crippen LogP) is 4.25. The molecule has 1 aliphatic rings. The minimum Gasteiger partial charge on any atom is -0.438 e. The van der Waals surface area contributed by atoms with Crippen molar-refractivity contribution in [3.05, 3.63) is 72.3 Å². The van der Waals surface area contributed by atoms with E-state index in [0.29, 0.717) is 30.4 Å². The van der Waals surface area contributed by atoms with Crippen LogP contribution >= 0.6 is 0 Å². The Morgan fingerprint density at radius 1 is 0.963 bits per heavy atom. The average molecular weight is 357 g/mol. The van der Waals surface area contributed by atoms with Crippen LogP contribution < -0.4 is 9.64 Å². The second kappa shape index (κ2) is 7.90. The Bertz CT molecular complexity index is 947. The number of benzene rings is 2. The molecule has 1 aliphatic heterocycles. The van der Waals surface area contributed by atoms with Crippen LogP contribution in [0.15, 0.2) is 66.7 Å². The summed E-state index contributed by atoms with van der Waals surface area (Å²) in [6, 6.07) is 23.5. The molecule has 5 heteroatoms. The first kappa shape index (κ1) is 17.1. The van der Waals surface area contributed by atoms with Crippen molar-refractivity contribution in [1.29, 1.82) is 5.26 Å². The molecule has 0 saturated carbocycles. The largest absolute Gasteiger partial charge is 0.438 e. The monoisotopic (exact) mass is 357 g/mol. The highest BCUT2D eigenvalue weighted by Crippen LogP contribution is 2.35. The minimum atomic E-state index is 0.326. The van der Waals surface area contributed by atoms with Crippen molar-refractivity contribution in [3.63, 3.8) is 0 Å². The number of aromatic nitrogens is 1. The topological polar surface area (TPSA) is 58.4 Å². The van der Waals surface area contributed by atoms with Crippen LogP contribution in [0.2, 0.25) is 0 Å². The fourth-order valence-electron chi connectivity index (χ4n) is 3.09. The van der Waals surface area contributed by atoms with Gasteiger partial charge in [0.1, 0.15) is 23.2 Å². The molecule has 0 radical (unpaired) electrons. The lowest BCUT2D eigenvalue weighted by Crippen LogP contribution is -2.36. The smallest absolute Gasteiger partial charge is 0.239 e. The van der Waals surface area contributed by atoms with E-state index >= 15 is 0 Å². The molecule has 0 amide bonds. The summed E-state index contributed by atoms with van der Waals surface area (Å²) in [5.74, 6) is 1.77. The highest BCUT2D eigenvalue weighted by Gasteiger charge is 2.20. The van der Waals surface area contributed by atoms with E-state index < -0.39 is 0 Å². The Morgan fingerprint density at radius 2 is 1.63 bits per heavy atom. The fourth-order valence-corrected chi connectivity index (χ4v) is 3.09. The molecule has 0 bridgehead atoms. The van der Waals surface area contributed by atoms with Crippen molar-refractivity contribution in [2.24, 2.45) is 0 Å². The van der Waals surface area contributed by atoms with Gasteiger partial charge >= 0.3 is 0 Å². The third-order valence-corrected chi connectivity index (χ3v) is 4.46. The van der Waals surface area contributed by atoms with Crippen molar-refractivity contribution in [3.8, 4) is 28.8 Å². The van der Waals surface area contributed by atoms with Gasteiger partial charge in [0.05, 0.1) is 13.2 Å². The van der Waals surface area contributed by atoms with Gasteiger partial charge in [-0.05, 0) is 23.8 Å². The Kier molecular flexibility index (Phi) is 4.99. The predicted molar refractivity (Wildman–Crippen MR) is 104 cm³/mol. The molecule has 4 rings (SSSR count). The van der Waals surface area contributed by atoms with Crippen LogP contribution in [-0.4, -0.2) is 31.3 Å². The summed E-state index contributed by atoms with van der Waals surface area (Å²) in [7, 11) is 0. The van der Waals surface area contributed by atoms with E-state index in [9.17, 15) is 5.26 Å². The van der Waals surface area contributed by atoms with Crippen LogP contribution in [0.25, 0.3) is 11.1 Å². The Balaban J connectivity index is 1.83. The van der Waals surface area contributed by atoms with Gasteiger partial charge in [-0.15, -0.1) is 0 Å². The molecule has 27 heavy (non-hydrogen) atoms. The van der Waals surface area contributed by atoms with Gasteiger partial charge in [0.25, 0.3) is 0 Å². The highest BCUT2D eigenvalue weighted by molar-refractivity contribution is 5.76. The molecule has 1 saturated heterocycles. The number of rotatable bonds is 4. The van der Waals surface area contributed by atoms with Crippen molar-refractivity contribution in [2.45, 2.75) is 0 Å². The molecule has 0 spiro atoms. The van der Waals surface area contributed by atoms with Crippen LogP contribution in [0.1, 0.15) is 5.56 Å². The second-order valence-electron chi connectivity index (χ2n) is 6.20. The van der Waals surface area contributed by atoms with E-state index in [0.717, 1.165) is 30.0 Å². The van der Waals surface area contributed by atoms with Gasteiger partial charge in [-0.3, -0.25) is 0 Å². The molecular weight excluding hydrogens is 338 g/mol. The van der Waals surface area contributed by atoms with E-state index in [1.54, 1.807) is 0 Å². The molecule has 1 fully saturated rings. The van der Waals surface area contributed by atoms with Crippen LogP contribution in [0, 0.1) is 11.3 Å². The maximum Gasteiger partial charge on any atom is 0.239 e. The summed E-state index contributed by atoms with van der Waals surface area (Å²) in [5.41, 5.74) is 2.21. The summed E-state index contributed by atoms with van der Waals surface area (Å²) >= 11 is 0. The van der Waals surface area contributed by atoms with Gasteiger partial charge in [0, 0.05) is 18.7 Å². The molecule has 0 unspecified atom stereocenters. The summed E-state index contributed by atoms with van der Waals surface area (Å²) in [6.07, 6.45) is 0.